The third-order valence-electron chi connectivity index (χ3n) is 4.77. The van der Waals surface area contributed by atoms with Crippen LogP contribution in [0.2, 0.25) is 0 Å². The van der Waals surface area contributed by atoms with Crippen molar-refractivity contribution in [1.82, 2.24) is 4.31 Å². The SMILES string of the molecule is CCOC(=O)[C@@H]1C=C2c3ccccc3OS(=O)(=O)N2[C@H]1c1ccc([N+](=O)[O-])cc1. The Morgan fingerprint density at radius 1 is 1.21 bits per heavy atom. The van der Waals surface area contributed by atoms with Gasteiger partial charge >= 0.3 is 16.3 Å². The van der Waals surface area contributed by atoms with E-state index >= 15 is 0 Å². The standard InChI is InChI=1S/C19H16N2O7S/c1-2-27-19(22)15-11-16-14-5-3-4-6-17(14)28-29(25,26)20(16)18(15)12-7-9-13(10-8-12)21(23)24/h3-11,15,18H,2H2,1H3/t15-,18+/m1/s1. The fraction of sp³-hybridized carbons (Fsp3) is 0.211. The van der Waals surface area contributed by atoms with Crippen molar-refractivity contribution in [1.29, 1.82) is 0 Å². The summed E-state index contributed by atoms with van der Waals surface area (Å²) >= 11 is 0. The second kappa shape index (κ2) is 6.89. The molecule has 0 bridgehead atoms. The van der Waals surface area contributed by atoms with E-state index in [0.29, 0.717) is 16.8 Å². The molecule has 9 nitrogen and oxygen atoms in total. The maximum atomic E-state index is 12.9. The van der Waals surface area contributed by atoms with Gasteiger partial charge in [0.2, 0.25) is 0 Å². The van der Waals surface area contributed by atoms with Crippen molar-refractivity contribution in [2.45, 2.75) is 13.0 Å². The molecule has 2 atom stereocenters. The van der Waals surface area contributed by atoms with Crippen molar-refractivity contribution in [2.24, 2.45) is 5.92 Å². The molecule has 29 heavy (non-hydrogen) atoms. The fourth-order valence-electron chi connectivity index (χ4n) is 3.57. The first-order chi connectivity index (χ1) is 13.8. The van der Waals surface area contributed by atoms with Gasteiger partial charge in [0.05, 0.1) is 23.3 Å². The van der Waals surface area contributed by atoms with E-state index in [1.165, 1.54) is 30.3 Å². The van der Waals surface area contributed by atoms with Crippen LogP contribution in [0.5, 0.6) is 5.75 Å². The summed E-state index contributed by atoms with van der Waals surface area (Å²) < 4.78 is 37.2. The van der Waals surface area contributed by atoms with E-state index in [-0.39, 0.29) is 18.0 Å². The molecule has 0 saturated heterocycles. The van der Waals surface area contributed by atoms with Crippen LogP contribution in [0.4, 0.5) is 5.69 Å². The second-order valence-corrected chi connectivity index (χ2v) is 7.87. The molecule has 0 spiro atoms. The maximum absolute atomic E-state index is 12.9. The lowest BCUT2D eigenvalue weighted by Crippen LogP contribution is -2.39. The first-order valence-corrected chi connectivity index (χ1v) is 10.2. The highest BCUT2D eigenvalue weighted by molar-refractivity contribution is 7.85. The average Bonchev–Trinajstić information content (AvgIpc) is 3.10. The number of rotatable bonds is 4. The summed E-state index contributed by atoms with van der Waals surface area (Å²) in [5, 5.41) is 11.0. The van der Waals surface area contributed by atoms with Gasteiger partial charge in [-0.3, -0.25) is 14.9 Å². The van der Waals surface area contributed by atoms with Crippen molar-refractivity contribution in [3.63, 3.8) is 0 Å². The summed E-state index contributed by atoms with van der Waals surface area (Å²) in [6.45, 7) is 1.79. The zero-order valence-corrected chi connectivity index (χ0v) is 16.0. The van der Waals surface area contributed by atoms with Crippen LogP contribution in [-0.2, 0) is 19.8 Å². The van der Waals surface area contributed by atoms with Crippen LogP contribution in [0, 0.1) is 16.0 Å². The lowest BCUT2D eigenvalue weighted by Gasteiger charge is -2.34. The maximum Gasteiger partial charge on any atom is 0.410 e. The van der Waals surface area contributed by atoms with E-state index in [2.05, 4.69) is 0 Å². The van der Waals surface area contributed by atoms with E-state index in [4.69, 9.17) is 8.92 Å². The number of nitrogens with zero attached hydrogens (tertiary/aromatic N) is 2. The molecule has 0 amide bonds. The number of fused-ring (bicyclic) bond motifs is 3. The monoisotopic (exact) mass is 416 g/mol. The molecule has 0 N–H and O–H groups in total. The van der Waals surface area contributed by atoms with Crippen LogP contribution in [0.15, 0.2) is 54.6 Å². The van der Waals surface area contributed by atoms with Gasteiger partial charge < -0.3 is 8.92 Å². The Morgan fingerprint density at radius 3 is 2.55 bits per heavy atom. The zero-order chi connectivity index (χ0) is 20.8. The number of nitro benzene ring substituents is 1. The lowest BCUT2D eigenvalue weighted by molar-refractivity contribution is -0.384. The van der Waals surface area contributed by atoms with E-state index in [1.807, 2.05) is 0 Å². The number of non-ortho nitro benzene ring substituents is 1. The minimum atomic E-state index is -4.26. The van der Waals surface area contributed by atoms with Crippen LogP contribution in [0.25, 0.3) is 5.70 Å². The topological polar surface area (TPSA) is 116 Å². The predicted octanol–water partition coefficient (Wildman–Crippen LogP) is 2.81. The number of ether oxygens (including phenoxy) is 1. The summed E-state index contributed by atoms with van der Waals surface area (Å²) in [6, 6.07) is 11.0. The highest BCUT2D eigenvalue weighted by Gasteiger charge is 2.50. The Hall–Kier alpha value is -3.40. The van der Waals surface area contributed by atoms with Crippen LogP contribution >= 0.6 is 0 Å². The molecular weight excluding hydrogens is 400 g/mol. The largest absolute Gasteiger partial charge is 0.465 e. The molecule has 0 aliphatic carbocycles. The van der Waals surface area contributed by atoms with Crippen LogP contribution in [0.3, 0.4) is 0 Å². The number of benzene rings is 2. The van der Waals surface area contributed by atoms with Crippen molar-refractivity contribution in [2.75, 3.05) is 6.61 Å². The molecule has 150 valence electrons. The third-order valence-corrected chi connectivity index (χ3v) is 6.07. The molecule has 10 heteroatoms. The number of esters is 1. The van der Waals surface area contributed by atoms with E-state index in [0.717, 1.165) is 4.31 Å². The Morgan fingerprint density at radius 2 is 1.90 bits per heavy atom. The highest BCUT2D eigenvalue weighted by Crippen LogP contribution is 2.50. The van der Waals surface area contributed by atoms with Gasteiger partial charge in [0.1, 0.15) is 5.92 Å². The van der Waals surface area contributed by atoms with E-state index < -0.39 is 33.2 Å². The zero-order valence-electron chi connectivity index (χ0n) is 15.2. The average molecular weight is 416 g/mol. The molecule has 2 aliphatic rings. The fourth-order valence-corrected chi connectivity index (χ4v) is 4.96. The molecule has 0 saturated carbocycles. The minimum Gasteiger partial charge on any atom is -0.465 e. The van der Waals surface area contributed by atoms with E-state index in [1.54, 1.807) is 31.2 Å². The molecule has 0 unspecified atom stereocenters. The normalized spacial score (nSPS) is 21.4. The Labute approximate surface area is 166 Å². The molecule has 4 rings (SSSR count). The Balaban J connectivity index is 1.87. The number of carbonyl (C=O) groups is 1. The molecule has 2 aromatic carbocycles. The molecule has 2 heterocycles. The second-order valence-electron chi connectivity index (χ2n) is 6.46. The van der Waals surface area contributed by atoms with Gasteiger partial charge in [0, 0.05) is 17.7 Å². The van der Waals surface area contributed by atoms with Gasteiger partial charge in [-0.15, -0.1) is 0 Å². The number of hydrogen-bond donors (Lipinski definition) is 0. The van der Waals surface area contributed by atoms with Crippen molar-refractivity contribution < 1.29 is 27.1 Å². The summed E-state index contributed by atoms with van der Waals surface area (Å²) in [4.78, 5) is 23.0. The van der Waals surface area contributed by atoms with Gasteiger partial charge in [-0.05, 0) is 30.7 Å². The minimum absolute atomic E-state index is 0.130. The highest BCUT2D eigenvalue weighted by atomic mass is 32.2. The predicted molar refractivity (Wildman–Crippen MR) is 102 cm³/mol. The van der Waals surface area contributed by atoms with Gasteiger partial charge in [-0.25, -0.2) is 4.31 Å². The smallest absolute Gasteiger partial charge is 0.410 e. The summed E-state index contributed by atoms with van der Waals surface area (Å²) in [5.74, 6) is -1.36. The Kier molecular flexibility index (Phi) is 4.50. The Bertz CT molecular complexity index is 1130. The van der Waals surface area contributed by atoms with E-state index in [9.17, 15) is 23.3 Å². The van der Waals surface area contributed by atoms with Gasteiger partial charge in [-0.1, -0.05) is 24.3 Å². The molecule has 2 aliphatic heterocycles. The summed E-state index contributed by atoms with van der Waals surface area (Å²) in [6.07, 6.45) is 1.54. The van der Waals surface area contributed by atoms with Crippen molar-refractivity contribution >= 4 is 27.7 Å². The molecule has 0 fully saturated rings. The third kappa shape index (κ3) is 3.11. The summed E-state index contributed by atoms with van der Waals surface area (Å²) in [7, 11) is -4.26. The number of hydrogen-bond acceptors (Lipinski definition) is 7. The van der Waals surface area contributed by atoms with Crippen molar-refractivity contribution in [3.05, 3.63) is 75.8 Å². The van der Waals surface area contributed by atoms with Gasteiger partial charge in [-0.2, -0.15) is 8.42 Å². The van der Waals surface area contributed by atoms with Crippen LogP contribution in [0.1, 0.15) is 24.1 Å². The first kappa shape index (κ1) is 18.9. The lowest BCUT2D eigenvalue weighted by atomic mass is 9.95. The summed E-state index contributed by atoms with van der Waals surface area (Å²) in [5.41, 5.74) is 1.11. The molecular formula is C19H16N2O7S. The van der Waals surface area contributed by atoms with Crippen LogP contribution < -0.4 is 4.18 Å². The molecule has 2 aromatic rings. The van der Waals surface area contributed by atoms with Crippen molar-refractivity contribution in [3.8, 4) is 5.75 Å². The number of carbonyl (C=O) groups excluding carboxylic acids is 1. The number of nitro groups is 1. The van der Waals surface area contributed by atoms with Crippen LogP contribution in [-0.4, -0.2) is 30.2 Å². The van der Waals surface area contributed by atoms with Gasteiger partial charge in [0.25, 0.3) is 5.69 Å². The quantitative estimate of drug-likeness (QED) is 0.427. The van der Waals surface area contributed by atoms with Gasteiger partial charge in [0.15, 0.2) is 5.75 Å². The molecule has 0 aromatic heterocycles. The number of para-hydroxylation sites is 1. The first-order valence-electron chi connectivity index (χ1n) is 8.79. The molecule has 0 radical (unpaired) electrons.